The first-order valence-electron chi connectivity index (χ1n) is 9.84. The maximum absolute atomic E-state index is 13.4. The third-order valence-corrected chi connectivity index (χ3v) is 6.76. The summed E-state index contributed by atoms with van der Waals surface area (Å²) in [6.45, 7) is 0. The Kier molecular flexibility index (Phi) is 7.35. The lowest BCUT2D eigenvalue weighted by Gasteiger charge is -2.23. The van der Waals surface area contributed by atoms with E-state index in [1.165, 1.54) is 0 Å². The number of alkyl halides is 3. The zero-order valence-corrected chi connectivity index (χ0v) is 17.7. The topological polar surface area (TPSA) is 60.4 Å². The number of carbonyl (C=O) groups excluding carboxylic acids is 1. The quantitative estimate of drug-likeness (QED) is 0.429. The van der Waals surface area contributed by atoms with Crippen LogP contribution in [0.25, 0.3) is 0 Å². The lowest BCUT2D eigenvalue weighted by molar-refractivity contribution is -0.147. The number of hydrogen-bond donors (Lipinski definition) is 0. The van der Waals surface area contributed by atoms with E-state index in [2.05, 4.69) is 0 Å². The molecule has 0 saturated carbocycles. The van der Waals surface area contributed by atoms with E-state index < -0.39 is 39.1 Å². The number of halogens is 3. The average Bonchev–Trinajstić information content (AvgIpc) is 2.78. The molecular formula is C24H21F3O4S. The number of aryl methyl sites for hydroxylation is 1. The van der Waals surface area contributed by atoms with Crippen LogP contribution in [-0.2, 0) is 25.8 Å². The van der Waals surface area contributed by atoms with Gasteiger partial charge in [0.05, 0.1) is 0 Å². The minimum atomic E-state index is -5.79. The monoisotopic (exact) mass is 462 g/mol. The molecule has 3 aromatic carbocycles. The molecule has 168 valence electrons. The molecule has 0 aromatic heterocycles. The van der Waals surface area contributed by atoms with Crippen LogP contribution >= 0.6 is 0 Å². The smallest absolute Gasteiger partial charge is 0.452 e. The molecule has 3 aromatic rings. The highest BCUT2D eigenvalue weighted by atomic mass is 32.2. The SMILES string of the molecule is O=C(OC(c1ccccc1)c1ccccc1)C(CCc1ccccc1)S(=O)(=O)C(F)(F)F. The summed E-state index contributed by atoms with van der Waals surface area (Å²) in [6, 6.07) is 25.3. The molecule has 0 heterocycles. The van der Waals surface area contributed by atoms with Gasteiger partial charge in [-0.25, -0.2) is 8.42 Å². The maximum Gasteiger partial charge on any atom is 0.498 e. The first kappa shape index (κ1) is 23.5. The highest BCUT2D eigenvalue weighted by Crippen LogP contribution is 2.33. The molecule has 0 spiro atoms. The van der Waals surface area contributed by atoms with Gasteiger partial charge in [-0.15, -0.1) is 0 Å². The Hall–Kier alpha value is -3.13. The van der Waals surface area contributed by atoms with Crippen LogP contribution in [0.15, 0.2) is 91.0 Å². The molecule has 0 aliphatic rings. The van der Waals surface area contributed by atoms with Crippen molar-refractivity contribution < 1.29 is 31.1 Å². The van der Waals surface area contributed by atoms with E-state index in [1.807, 2.05) is 0 Å². The van der Waals surface area contributed by atoms with Crippen LogP contribution < -0.4 is 0 Å². The Bertz CT molecular complexity index is 1080. The number of benzene rings is 3. The Balaban J connectivity index is 1.93. The van der Waals surface area contributed by atoms with Gasteiger partial charge in [0.25, 0.3) is 9.84 Å². The van der Waals surface area contributed by atoms with Crippen LogP contribution in [0.2, 0.25) is 0 Å². The van der Waals surface area contributed by atoms with Crippen LogP contribution in [0.4, 0.5) is 13.2 Å². The Labute approximate surface area is 184 Å². The van der Waals surface area contributed by atoms with Gasteiger partial charge in [-0.2, -0.15) is 13.2 Å². The summed E-state index contributed by atoms with van der Waals surface area (Å²) in [5.74, 6) is -1.43. The zero-order valence-electron chi connectivity index (χ0n) is 16.9. The minimum absolute atomic E-state index is 0.0305. The molecule has 0 aliphatic carbocycles. The molecule has 0 saturated heterocycles. The van der Waals surface area contributed by atoms with Crippen molar-refractivity contribution in [3.05, 3.63) is 108 Å². The Morgan fingerprint density at radius 2 is 1.22 bits per heavy atom. The van der Waals surface area contributed by atoms with Crippen molar-refractivity contribution in [3.63, 3.8) is 0 Å². The van der Waals surface area contributed by atoms with E-state index in [9.17, 15) is 26.4 Å². The maximum atomic E-state index is 13.4. The second-order valence-electron chi connectivity index (χ2n) is 7.14. The fraction of sp³-hybridized carbons (Fsp3) is 0.208. The molecule has 4 nitrogen and oxygen atoms in total. The van der Waals surface area contributed by atoms with Crippen molar-refractivity contribution in [1.82, 2.24) is 0 Å². The van der Waals surface area contributed by atoms with Gasteiger partial charge in [0.15, 0.2) is 11.4 Å². The summed E-state index contributed by atoms with van der Waals surface area (Å²) in [6.07, 6.45) is -1.63. The fourth-order valence-electron chi connectivity index (χ4n) is 3.28. The van der Waals surface area contributed by atoms with Gasteiger partial charge in [-0.05, 0) is 29.5 Å². The van der Waals surface area contributed by atoms with Crippen molar-refractivity contribution in [2.24, 2.45) is 0 Å². The summed E-state index contributed by atoms with van der Waals surface area (Å²) >= 11 is 0. The van der Waals surface area contributed by atoms with Gasteiger partial charge in [0.2, 0.25) is 0 Å². The summed E-state index contributed by atoms with van der Waals surface area (Å²) in [4.78, 5) is 12.9. The first-order chi connectivity index (χ1) is 15.2. The zero-order chi connectivity index (χ0) is 23.2. The molecule has 1 atom stereocenters. The Morgan fingerprint density at radius 3 is 1.66 bits per heavy atom. The third-order valence-electron chi connectivity index (χ3n) is 4.94. The van der Waals surface area contributed by atoms with E-state index in [1.54, 1.807) is 91.0 Å². The Morgan fingerprint density at radius 1 is 0.781 bits per heavy atom. The molecular weight excluding hydrogens is 441 g/mol. The highest BCUT2D eigenvalue weighted by Gasteiger charge is 2.54. The van der Waals surface area contributed by atoms with Crippen LogP contribution in [-0.4, -0.2) is 25.1 Å². The van der Waals surface area contributed by atoms with E-state index in [-0.39, 0.29) is 6.42 Å². The number of ether oxygens (including phenoxy) is 1. The minimum Gasteiger partial charge on any atom is -0.452 e. The largest absolute Gasteiger partial charge is 0.498 e. The molecule has 0 fully saturated rings. The van der Waals surface area contributed by atoms with Gasteiger partial charge in [-0.1, -0.05) is 91.0 Å². The molecule has 8 heteroatoms. The summed E-state index contributed by atoms with van der Waals surface area (Å²) in [5, 5.41) is -2.38. The molecule has 0 amide bonds. The number of rotatable bonds is 8. The molecule has 3 rings (SSSR count). The number of carbonyl (C=O) groups is 1. The van der Waals surface area contributed by atoms with Crippen LogP contribution in [0.1, 0.15) is 29.2 Å². The van der Waals surface area contributed by atoms with E-state index in [4.69, 9.17) is 4.74 Å². The van der Waals surface area contributed by atoms with E-state index >= 15 is 0 Å². The number of sulfone groups is 1. The predicted octanol–water partition coefficient (Wildman–Crippen LogP) is 5.26. The average molecular weight is 462 g/mol. The van der Waals surface area contributed by atoms with Gasteiger partial charge < -0.3 is 4.74 Å². The normalized spacial score (nSPS) is 13.0. The van der Waals surface area contributed by atoms with Crippen molar-refractivity contribution in [3.8, 4) is 0 Å². The number of esters is 1. The second kappa shape index (κ2) is 9.99. The third kappa shape index (κ3) is 5.56. The lowest BCUT2D eigenvalue weighted by atomic mass is 10.0. The predicted molar refractivity (Wildman–Crippen MR) is 114 cm³/mol. The van der Waals surface area contributed by atoms with Gasteiger partial charge in [-0.3, -0.25) is 4.79 Å². The van der Waals surface area contributed by atoms with Crippen molar-refractivity contribution in [1.29, 1.82) is 0 Å². The van der Waals surface area contributed by atoms with Crippen LogP contribution in [0.3, 0.4) is 0 Å². The van der Waals surface area contributed by atoms with Crippen molar-refractivity contribution >= 4 is 15.8 Å². The molecule has 0 aliphatic heterocycles. The van der Waals surface area contributed by atoms with Crippen LogP contribution in [0, 0.1) is 0 Å². The van der Waals surface area contributed by atoms with Gasteiger partial charge >= 0.3 is 11.5 Å². The van der Waals surface area contributed by atoms with Gasteiger partial charge in [0, 0.05) is 0 Å². The molecule has 0 radical (unpaired) electrons. The molecule has 1 unspecified atom stereocenters. The molecule has 0 bridgehead atoms. The van der Waals surface area contributed by atoms with Crippen molar-refractivity contribution in [2.45, 2.75) is 29.7 Å². The summed E-state index contributed by atoms with van der Waals surface area (Å²) in [5.41, 5.74) is -3.94. The number of hydrogen-bond acceptors (Lipinski definition) is 4. The van der Waals surface area contributed by atoms with Gasteiger partial charge in [0.1, 0.15) is 0 Å². The van der Waals surface area contributed by atoms with Crippen LogP contribution in [0.5, 0.6) is 0 Å². The first-order valence-corrected chi connectivity index (χ1v) is 11.4. The molecule has 0 N–H and O–H groups in total. The lowest BCUT2D eigenvalue weighted by Crippen LogP contribution is -2.41. The summed E-state index contributed by atoms with van der Waals surface area (Å²) in [7, 11) is -5.79. The standard InChI is InChI=1S/C24H21F3O4S/c25-24(26,27)32(29,30)21(17-16-18-10-4-1-5-11-18)23(28)31-22(19-12-6-2-7-13-19)20-14-8-3-9-15-20/h1-15,21-22H,16-17H2. The highest BCUT2D eigenvalue weighted by molar-refractivity contribution is 7.93. The molecule has 32 heavy (non-hydrogen) atoms. The van der Waals surface area contributed by atoms with E-state index in [0.29, 0.717) is 16.7 Å². The summed E-state index contributed by atoms with van der Waals surface area (Å²) < 4.78 is 70.0. The van der Waals surface area contributed by atoms with Crippen molar-refractivity contribution in [2.75, 3.05) is 0 Å². The van der Waals surface area contributed by atoms with E-state index in [0.717, 1.165) is 0 Å². The fourth-order valence-corrected chi connectivity index (χ4v) is 4.34. The second-order valence-corrected chi connectivity index (χ2v) is 9.26.